The number of piperidine rings is 1. The average Bonchev–Trinajstić information content (AvgIpc) is 2.67. The fourth-order valence-corrected chi connectivity index (χ4v) is 3.56. The summed E-state index contributed by atoms with van der Waals surface area (Å²) >= 11 is 0. The monoisotopic (exact) mass is 357 g/mol. The first-order valence-corrected chi connectivity index (χ1v) is 9.16. The second-order valence-corrected chi connectivity index (χ2v) is 6.74. The van der Waals surface area contributed by atoms with Gasteiger partial charge in [0.2, 0.25) is 0 Å². The third-order valence-electron chi connectivity index (χ3n) is 4.92. The second kappa shape index (κ2) is 8.36. The van der Waals surface area contributed by atoms with Gasteiger partial charge in [0, 0.05) is 30.8 Å². The van der Waals surface area contributed by atoms with E-state index in [0.717, 1.165) is 61.9 Å². The van der Waals surface area contributed by atoms with Gasteiger partial charge in [-0.05, 0) is 43.5 Å². The molecule has 6 nitrogen and oxygen atoms in total. The molecule has 1 aromatic heterocycles. The molecule has 1 saturated heterocycles. The van der Waals surface area contributed by atoms with E-state index in [4.69, 9.17) is 9.47 Å². The molecule has 1 aliphatic heterocycles. The molecule has 1 aromatic carbocycles. The lowest BCUT2D eigenvalue weighted by atomic mass is 9.96. The van der Waals surface area contributed by atoms with Gasteiger partial charge in [-0.2, -0.15) is 0 Å². The minimum atomic E-state index is -0.0520. The van der Waals surface area contributed by atoms with Crippen LogP contribution in [-0.2, 0) is 13.0 Å². The number of likely N-dealkylation sites (tertiary alicyclic amines) is 1. The molecule has 0 saturated carbocycles. The highest BCUT2D eigenvalue weighted by Crippen LogP contribution is 2.30. The summed E-state index contributed by atoms with van der Waals surface area (Å²) in [6.07, 6.45) is 2.93. The third kappa shape index (κ3) is 4.25. The van der Waals surface area contributed by atoms with Gasteiger partial charge in [0.1, 0.15) is 5.82 Å². The number of benzene rings is 1. The highest BCUT2D eigenvalue weighted by Gasteiger charge is 2.23. The summed E-state index contributed by atoms with van der Waals surface area (Å²) < 4.78 is 10.7. The van der Waals surface area contributed by atoms with Crippen molar-refractivity contribution < 1.29 is 9.47 Å². The number of aryl methyl sites for hydroxylation is 1. The molecule has 1 atom stereocenters. The molecular formula is C20H27N3O3. The number of nitrogens with zero attached hydrogens (tertiary/aromatic N) is 2. The maximum absolute atomic E-state index is 11.9. The number of methoxy groups -OCH3 is 2. The summed E-state index contributed by atoms with van der Waals surface area (Å²) in [7, 11) is 3.30. The smallest absolute Gasteiger partial charge is 0.251 e. The van der Waals surface area contributed by atoms with Crippen molar-refractivity contribution >= 4 is 0 Å². The molecule has 0 spiro atoms. The Kier molecular flexibility index (Phi) is 5.93. The van der Waals surface area contributed by atoms with E-state index in [0.29, 0.717) is 0 Å². The third-order valence-corrected chi connectivity index (χ3v) is 4.92. The quantitative estimate of drug-likeness (QED) is 0.861. The normalized spacial score (nSPS) is 17.9. The molecule has 3 rings (SSSR count). The van der Waals surface area contributed by atoms with Crippen LogP contribution >= 0.6 is 0 Å². The molecule has 2 heterocycles. The average molecular weight is 357 g/mol. The number of hydrogen-bond acceptors (Lipinski definition) is 5. The van der Waals surface area contributed by atoms with Crippen LogP contribution in [0.3, 0.4) is 0 Å². The fourth-order valence-electron chi connectivity index (χ4n) is 3.56. The number of ether oxygens (including phenoxy) is 2. The molecule has 26 heavy (non-hydrogen) atoms. The van der Waals surface area contributed by atoms with Crippen LogP contribution in [0.15, 0.2) is 29.1 Å². The highest BCUT2D eigenvalue weighted by atomic mass is 16.5. The van der Waals surface area contributed by atoms with E-state index in [2.05, 4.69) is 20.9 Å². The molecule has 1 N–H and O–H groups in total. The Morgan fingerprint density at radius 1 is 1.23 bits per heavy atom. The summed E-state index contributed by atoms with van der Waals surface area (Å²) in [5.74, 6) is 2.58. The number of nitrogens with one attached hydrogen (secondary N) is 1. The van der Waals surface area contributed by atoms with Crippen LogP contribution in [0.1, 0.15) is 42.8 Å². The fraction of sp³-hybridized carbons (Fsp3) is 0.500. The van der Waals surface area contributed by atoms with Crippen LogP contribution in [0, 0.1) is 0 Å². The van der Waals surface area contributed by atoms with Crippen molar-refractivity contribution in [1.29, 1.82) is 0 Å². The van der Waals surface area contributed by atoms with Crippen LogP contribution < -0.4 is 15.0 Å². The summed E-state index contributed by atoms with van der Waals surface area (Å²) in [6, 6.07) is 7.64. The van der Waals surface area contributed by atoms with Crippen molar-refractivity contribution in [2.45, 2.75) is 38.6 Å². The zero-order chi connectivity index (χ0) is 18.5. The Bertz CT molecular complexity index is 803. The van der Waals surface area contributed by atoms with Gasteiger partial charge in [-0.1, -0.05) is 13.0 Å². The van der Waals surface area contributed by atoms with Crippen LogP contribution in [0.5, 0.6) is 11.5 Å². The molecule has 0 bridgehead atoms. The van der Waals surface area contributed by atoms with Gasteiger partial charge in [-0.25, -0.2) is 4.98 Å². The predicted molar refractivity (Wildman–Crippen MR) is 101 cm³/mol. The number of hydrogen-bond donors (Lipinski definition) is 1. The molecule has 0 radical (unpaired) electrons. The van der Waals surface area contributed by atoms with Gasteiger partial charge in [-0.3, -0.25) is 9.69 Å². The van der Waals surface area contributed by atoms with Gasteiger partial charge in [0.05, 0.1) is 14.2 Å². The van der Waals surface area contributed by atoms with Crippen molar-refractivity contribution in [3.63, 3.8) is 0 Å². The van der Waals surface area contributed by atoms with Gasteiger partial charge in [-0.15, -0.1) is 0 Å². The van der Waals surface area contributed by atoms with E-state index in [1.807, 2.05) is 19.1 Å². The Hall–Kier alpha value is -2.34. The van der Waals surface area contributed by atoms with Crippen LogP contribution in [0.4, 0.5) is 0 Å². The zero-order valence-electron chi connectivity index (χ0n) is 15.7. The molecule has 1 aliphatic rings. The molecule has 0 unspecified atom stereocenters. The molecule has 0 amide bonds. The molecule has 140 valence electrons. The molecular weight excluding hydrogens is 330 g/mol. The van der Waals surface area contributed by atoms with Crippen LogP contribution in [-0.4, -0.2) is 42.2 Å². The first-order chi connectivity index (χ1) is 12.6. The molecule has 6 heteroatoms. The van der Waals surface area contributed by atoms with Gasteiger partial charge >= 0.3 is 0 Å². The number of H-pyrrole nitrogens is 1. The summed E-state index contributed by atoms with van der Waals surface area (Å²) in [4.78, 5) is 21.9. The van der Waals surface area contributed by atoms with E-state index in [1.165, 1.54) is 5.56 Å². The minimum Gasteiger partial charge on any atom is -0.493 e. The van der Waals surface area contributed by atoms with Crippen molar-refractivity contribution in [3.05, 3.63) is 51.7 Å². The Labute approximate surface area is 154 Å². The van der Waals surface area contributed by atoms with Gasteiger partial charge in [0.15, 0.2) is 11.5 Å². The largest absolute Gasteiger partial charge is 0.493 e. The maximum Gasteiger partial charge on any atom is 0.251 e. The number of rotatable bonds is 6. The lowest BCUT2D eigenvalue weighted by Gasteiger charge is -2.32. The standard InChI is InChI=1S/C20H27N3O3/c1-4-16-11-19(24)22-20(21-16)15-6-5-9-23(13-15)12-14-7-8-17(25-2)18(10-14)26-3/h7-8,10-11,15H,4-6,9,12-13H2,1-3H3,(H,21,22,24)/t15-/m0/s1. The maximum atomic E-state index is 11.9. The second-order valence-electron chi connectivity index (χ2n) is 6.74. The lowest BCUT2D eigenvalue weighted by Crippen LogP contribution is -2.35. The highest BCUT2D eigenvalue weighted by molar-refractivity contribution is 5.42. The van der Waals surface area contributed by atoms with E-state index in [9.17, 15) is 4.79 Å². The van der Waals surface area contributed by atoms with Gasteiger partial charge < -0.3 is 14.5 Å². The number of aromatic nitrogens is 2. The Morgan fingerprint density at radius 3 is 2.77 bits per heavy atom. The van der Waals surface area contributed by atoms with Crippen molar-refractivity contribution in [3.8, 4) is 11.5 Å². The minimum absolute atomic E-state index is 0.0520. The molecule has 0 aliphatic carbocycles. The van der Waals surface area contributed by atoms with E-state index >= 15 is 0 Å². The zero-order valence-corrected chi connectivity index (χ0v) is 15.7. The van der Waals surface area contributed by atoms with Crippen molar-refractivity contribution in [1.82, 2.24) is 14.9 Å². The SMILES string of the molecule is CCc1cc(=O)[nH]c([C@H]2CCCN(Cc3ccc(OC)c(OC)c3)C2)n1. The molecule has 1 fully saturated rings. The summed E-state index contributed by atoms with van der Waals surface area (Å²) in [6.45, 7) is 4.80. The predicted octanol–water partition coefficient (Wildman–Crippen LogP) is 2.73. The lowest BCUT2D eigenvalue weighted by molar-refractivity contribution is 0.196. The van der Waals surface area contributed by atoms with E-state index in [1.54, 1.807) is 20.3 Å². The first-order valence-electron chi connectivity index (χ1n) is 9.16. The summed E-state index contributed by atoms with van der Waals surface area (Å²) in [5, 5.41) is 0. The Balaban J connectivity index is 1.73. The topological polar surface area (TPSA) is 67.5 Å². The summed E-state index contributed by atoms with van der Waals surface area (Å²) in [5.41, 5.74) is 2.00. The van der Waals surface area contributed by atoms with Crippen molar-refractivity contribution in [2.75, 3.05) is 27.3 Å². The number of aromatic amines is 1. The van der Waals surface area contributed by atoms with E-state index in [-0.39, 0.29) is 11.5 Å². The van der Waals surface area contributed by atoms with Gasteiger partial charge in [0.25, 0.3) is 5.56 Å². The van der Waals surface area contributed by atoms with E-state index < -0.39 is 0 Å². The first kappa shape index (κ1) is 18.5. The Morgan fingerprint density at radius 2 is 2.04 bits per heavy atom. The van der Waals surface area contributed by atoms with Crippen LogP contribution in [0.25, 0.3) is 0 Å². The van der Waals surface area contributed by atoms with Crippen molar-refractivity contribution in [2.24, 2.45) is 0 Å². The molecule has 2 aromatic rings. The van der Waals surface area contributed by atoms with Crippen LogP contribution in [0.2, 0.25) is 0 Å².